The minimum Gasteiger partial charge on any atom is -0.465 e. The Labute approximate surface area is 169 Å². The fraction of sp³-hybridized carbons (Fsp3) is 0.348. The molecule has 1 atom stereocenters. The number of nitrogens with zero attached hydrogens (tertiary/aromatic N) is 1. The van der Waals surface area contributed by atoms with Gasteiger partial charge in [0.25, 0.3) is 5.56 Å². The number of aryl methyl sites for hydroxylation is 2. The summed E-state index contributed by atoms with van der Waals surface area (Å²) in [5.41, 5.74) is 4.80. The summed E-state index contributed by atoms with van der Waals surface area (Å²) in [6.45, 7) is 2.53. The van der Waals surface area contributed by atoms with Crippen LogP contribution in [0.2, 0.25) is 0 Å². The Morgan fingerprint density at radius 1 is 1.17 bits per heavy atom. The molecule has 0 amide bonds. The highest BCUT2D eigenvalue weighted by molar-refractivity contribution is 5.93. The van der Waals surface area contributed by atoms with Gasteiger partial charge in [0.2, 0.25) is 0 Å². The molecule has 1 aliphatic carbocycles. The van der Waals surface area contributed by atoms with Crippen molar-refractivity contribution in [2.24, 2.45) is 0 Å². The Hall–Kier alpha value is -2.99. The van der Waals surface area contributed by atoms with E-state index in [-0.39, 0.29) is 11.6 Å². The largest absolute Gasteiger partial charge is 0.465 e. The van der Waals surface area contributed by atoms with Crippen LogP contribution in [0.5, 0.6) is 0 Å². The Morgan fingerprint density at radius 2 is 1.97 bits per heavy atom. The maximum Gasteiger partial charge on any atom is 0.337 e. The molecule has 2 aromatic carbocycles. The first-order chi connectivity index (χ1) is 14.0. The van der Waals surface area contributed by atoms with Crippen LogP contribution in [0.15, 0.2) is 41.2 Å². The Bertz CT molecular complexity index is 1120. The minimum absolute atomic E-state index is 0.129. The van der Waals surface area contributed by atoms with Gasteiger partial charge in [-0.1, -0.05) is 18.2 Å². The van der Waals surface area contributed by atoms with Crippen LogP contribution in [0.4, 0.5) is 0 Å². The van der Waals surface area contributed by atoms with Crippen molar-refractivity contribution in [3.63, 3.8) is 0 Å². The topological polar surface area (TPSA) is 84.1 Å². The summed E-state index contributed by atoms with van der Waals surface area (Å²) in [6, 6.07) is 11.6. The molecule has 2 N–H and O–H groups in total. The van der Waals surface area contributed by atoms with E-state index in [0.29, 0.717) is 28.8 Å². The summed E-state index contributed by atoms with van der Waals surface area (Å²) < 4.78 is 4.75. The number of benzene rings is 2. The molecule has 1 aromatic heterocycles. The lowest BCUT2D eigenvalue weighted by atomic mass is 9.89. The molecule has 0 saturated heterocycles. The second-order valence-corrected chi connectivity index (χ2v) is 7.57. The van der Waals surface area contributed by atoms with Gasteiger partial charge in [0.1, 0.15) is 5.82 Å². The van der Waals surface area contributed by atoms with Crippen LogP contribution in [0.3, 0.4) is 0 Å². The van der Waals surface area contributed by atoms with E-state index in [1.54, 1.807) is 18.2 Å². The fourth-order valence-corrected chi connectivity index (χ4v) is 3.91. The molecule has 150 valence electrons. The zero-order valence-electron chi connectivity index (χ0n) is 16.7. The number of esters is 1. The summed E-state index contributed by atoms with van der Waals surface area (Å²) in [7, 11) is 1.33. The standard InChI is InChI=1S/C23H25N3O3/c1-14(16-8-7-15-5-3-4-6-17(15)11-16)24-13-21-25-20-12-18(23(28)29-2)9-10-19(20)22(27)26-21/h7-12,14,24H,3-6,13H2,1-2H3,(H,25,26,27)/t14-/m0/s1. The number of ether oxygens (including phenoxy) is 1. The number of hydrogen-bond acceptors (Lipinski definition) is 5. The summed E-state index contributed by atoms with van der Waals surface area (Å²) in [5.74, 6) is 0.0871. The number of rotatable bonds is 5. The van der Waals surface area contributed by atoms with Crippen LogP contribution in [0, 0.1) is 0 Å². The van der Waals surface area contributed by atoms with Gasteiger partial charge in [-0.25, -0.2) is 9.78 Å². The van der Waals surface area contributed by atoms with Gasteiger partial charge in [-0.05, 0) is 67.5 Å². The normalized spacial score (nSPS) is 14.4. The Morgan fingerprint density at radius 3 is 2.76 bits per heavy atom. The van der Waals surface area contributed by atoms with Crippen molar-refractivity contribution in [1.82, 2.24) is 15.3 Å². The number of fused-ring (bicyclic) bond motifs is 2. The number of carbonyl (C=O) groups excluding carboxylic acids is 1. The lowest BCUT2D eigenvalue weighted by molar-refractivity contribution is 0.0601. The number of nitrogens with one attached hydrogen (secondary N) is 2. The monoisotopic (exact) mass is 391 g/mol. The predicted octanol–water partition coefficient (Wildman–Crippen LogP) is 3.44. The molecule has 1 heterocycles. The highest BCUT2D eigenvalue weighted by Gasteiger charge is 2.14. The second-order valence-electron chi connectivity index (χ2n) is 7.57. The van der Waals surface area contributed by atoms with Crippen molar-refractivity contribution < 1.29 is 9.53 Å². The lowest BCUT2D eigenvalue weighted by Crippen LogP contribution is -2.22. The average Bonchev–Trinajstić information content (AvgIpc) is 2.76. The zero-order valence-corrected chi connectivity index (χ0v) is 16.7. The number of aromatic nitrogens is 2. The van der Waals surface area contributed by atoms with Crippen molar-refractivity contribution in [2.75, 3.05) is 7.11 Å². The molecule has 0 aliphatic heterocycles. The summed E-state index contributed by atoms with van der Waals surface area (Å²) in [4.78, 5) is 31.5. The first-order valence-electron chi connectivity index (χ1n) is 10.0. The smallest absolute Gasteiger partial charge is 0.337 e. The van der Waals surface area contributed by atoms with Gasteiger partial charge in [-0.2, -0.15) is 0 Å². The molecule has 4 rings (SSSR count). The van der Waals surface area contributed by atoms with Crippen molar-refractivity contribution >= 4 is 16.9 Å². The van der Waals surface area contributed by atoms with Gasteiger partial charge in [0, 0.05) is 6.04 Å². The van der Waals surface area contributed by atoms with Gasteiger partial charge in [-0.3, -0.25) is 4.79 Å². The van der Waals surface area contributed by atoms with Gasteiger partial charge in [0.05, 0.1) is 30.1 Å². The van der Waals surface area contributed by atoms with E-state index in [0.717, 1.165) is 6.42 Å². The van der Waals surface area contributed by atoms with E-state index in [4.69, 9.17) is 4.74 Å². The van der Waals surface area contributed by atoms with Crippen molar-refractivity contribution in [2.45, 2.75) is 45.2 Å². The van der Waals surface area contributed by atoms with Crippen LogP contribution in [0.1, 0.15) is 58.7 Å². The van der Waals surface area contributed by atoms with Crippen molar-refractivity contribution in [1.29, 1.82) is 0 Å². The third-order valence-corrected chi connectivity index (χ3v) is 5.62. The fourth-order valence-electron chi connectivity index (χ4n) is 3.91. The predicted molar refractivity (Wildman–Crippen MR) is 112 cm³/mol. The Balaban J connectivity index is 1.53. The SMILES string of the molecule is COC(=O)c1ccc2c(=O)[nH]c(CN[C@@H](C)c3ccc4c(c3)CCCC4)nc2c1. The summed E-state index contributed by atoms with van der Waals surface area (Å²) >= 11 is 0. The third kappa shape index (κ3) is 4.07. The van der Waals surface area contributed by atoms with E-state index in [2.05, 4.69) is 40.4 Å². The number of H-pyrrole nitrogens is 1. The average molecular weight is 391 g/mol. The number of hydrogen-bond donors (Lipinski definition) is 2. The molecule has 0 saturated carbocycles. The molecule has 6 heteroatoms. The van der Waals surface area contributed by atoms with Crippen molar-refractivity contribution in [3.8, 4) is 0 Å². The lowest BCUT2D eigenvalue weighted by Gasteiger charge is -2.20. The zero-order chi connectivity index (χ0) is 20.4. The maximum atomic E-state index is 12.4. The molecule has 1 aliphatic rings. The van der Waals surface area contributed by atoms with E-state index < -0.39 is 5.97 Å². The molecule has 0 fully saturated rings. The molecule has 0 bridgehead atoms. The van der Waals surface area contributed by atoms with E-state index in [1.807, 2.05) is 0 Å². The summed E-state index contributed by atoms with van der Waals surface area (Å²) in [5, 5.41) is 3.89. The van der Waals surface area contributed by atoms with Crippen LogP contribution in [-0.4, -0.2) is 23.0 Å². The Kier molecular flexibility index (Phi) is 5.45. The first kappa shape index (κ1) is 19.3. The molecule has 0 unspecified atom stereocenters. The first-order valence-corrected chi connectivity index (χ1v) is 10.0. The highest BCUT2D eigenvalue weighted by atomic mass is 16.5. The van der Waals surface area contributed by atoms with Gasteiger partial charge in [0.15, 0.2) is 0 Å². The van der Waals surface area contributed by atoms with Gasteiger partial charge < -0.3 is 15.0 Å². The van der Waals surface area contributed by atoms with Crippen molar-refractivity contribution in [3.05, 3.63) is 74.8 Å². The molecule has 6 nitrogen and oxygen atoms in total. The summed E-state index contributed by atoms with van der Waals surface area (Å²) in [6.07, 6.45) is 4.86. The van der Waals surface area contributed by atoms with Crippen LogP contribution in [-0.2, 0) is 24.1 Å². The second kappa shape index (κ2) is 8.17. The van der Waals surface area contributed by atoms with E-state index >= 15 is 0 Å². The molecular weight excluding hydrogens is 366 g/mol. The molecular formula is C23H25N3O3. The molecule has 0 spiro atoms. The van der Waals surface area contributed by atoms with Gasteiger partial charge in [-0.15, -0.1) is 0 Å². The molecule has 3 aromatic rings. The minimum atomic E-state index is -0.449. The third-order valence-electron chi connectivity index (χ3n) is 5.62. The number of methoxy groups -OCH3 is 1. The van der Waals surface area contributed by atoms with Gasteiger partial charge >= 0.3 is 5.97 Å². The van der Waals surface area contributed by atoms with Crippen LogP contribution in [0.25, 0.3) is 10.9 Å². The van der Waals surface area contributed by atoms with E-state index in [1.165, 1.54) is 43.1 Å². The van der Waals surface area contributed by atoms with Crippen LogP contribution >= 0.6 is 0 Å². The number of aromatic amines is 1. The quantitative estimate of drug-likeness (QED) is 0.651. The molecule has 29 heavy (non-hydrogen) atoms. The highest BCUT2D eigenvalue weighted by Crippen LogP contribution is 2.25. The maximum absolute atomic E-state index is 12.4. The molecule has 0 radical (unpaired) electrons. The van der Waals surface area contributed by atoms with Crippen LogP contribution < -0.4 is 10.9 Å². The number of carbonyl (C=O) groups is 1. The van der Waals surface area contributed by atoms with E-state index in [9.17, 15) is 9.59 Å².